The molecule has 4 nitrogen and oxygen atoms in total. The van der Waals surface area contributed by atoms with Crippen LogP contribution in [0.3, 0.4) is 0 Å². The molecular weight excluding hydrogens is 352 g/mol. The van der Waals surface area contributed by atoms with Crippen molar-refractivity contribution in [3.63, 3.8) is 0 Å². The molecule has 0 heterocycles. The molecular formula is C15H23BrN2O2S. The first kappa shape index (κ1) is 16.8. The Kier molecular flexibility index (Phi) is 5.68. The number of anilines is 1. The minimum Gasteiger partial charge on any atom is -0.398 e. The highest BCUT2D eigenvalue weighted by molar-refractivity contribution is 9.10. The summed E-state index contributed by atoms with van der Waals surface area (Å²) in [5.74, 6) is 0.454. The van der Waals surface area contributed by atoms with E-state index in [2.05, 4.69) is 20.7 Å². The molecule has 0 spiro atoms. The second-order valence-corrected chi connectivity index (χ2v) is 8.29. The number of sulfonamides is 1. The maximum absolute atomic E-state index is 12.5. The third-order valence-corrected chi connectivity index (χ3v) is 6.42. The van der Waals surface area contributed by atoms with Gasteiger partial charge in [-0.15, -0.1) is 0 Å². The summed E-state index contributed by atoms with van der Waals surface area (Å²) in [6.07, 6.45) is 6.73. The predicted octanol–water partition coefficient (Wildman–Crippen LogP) is 3.67. The number of benzene rings is 1. The van der Waals surface area contributed by atoms with Crippen LogP contribution in [-0.2, 0) is 10.0 Å². The third kappa shape index (κ3) is 4.20. The molecule has 1 aromatic carbocycles. The summed E-state index contributed by atoms with van der Waals surface area (Å²) >= 11 is 3.28. The van der Waals surface area contributed by atoms with Crippen molar-refractivity contribution in [2.75, 3.05) is 5.73 Å². The molecule has 0 saturated heterocycles. The van der Waals surface area contributed by atoms with Gasteiger partial charge in [0, 0.05) is 16.2 Å². The fourth-order valence-corrected chi connectivity index (χ4v) is 4.94. The zero-order chi connectivity index (χ0) is 15.5. The Morgan fingerprint density at radius 3 is 2.57 bits per heavy atom. The van der Waals surface area contributed by atoms with E-state index in [9.17, 15) is 8.42 Å². The monoisotopic (exact) mass is 374 g/mol. The molecule has 0 bridgehead atoms. The Morgan fingerprint density at radius 1 is 1.33 bits per heavy atom. The molecule has 1 aromatic rings. The number of nitrogens with two attached hydrogens (primary N) is 1. The zero-order valence-corrected chi connectivity index (χ0v) is 14.7. The lowest BCUT2D eigenvalue weighted by Crippen LogP contribution is -2.40. The van der Waals surface area contributed by atoms with Gasteiger partial charge in [0.25, 0.3) is 0 Å². The number of hydrogen-bond acceptors (Lipinski definition) is 3. The van der Waals surface area contributed by atoms with Crippen molar-refractivity contribution in [2.45, 2.75) is 56.4 Å². The van der Waals surface area contributed by atoms with Gasteiger partial charge in [0.1, 0.15) is 0 Å². The summed E-state index contributed by atoms with van der Waals surface area (Å²) in [5, 5.41) is 0. The van der Waals surface area contributed by atoms with Crippen LogP contribution in [-0.4, -0.2) is 14.5 Å². The van der Waals surface area contributed by atoms with Crippen molar-refractivity contribution in [2.24, 2.45) is 5.92 Å². The second-order valence-electron chi connectivity index (χ2n) is 5.72. The van der Waals surface area contributed by atoms with E-state index in [1.807, 2.05) is 6.92 Å². The average Bonchev–Trinajstić information content (AvgIpc) is 2.48. The van der Waals surface area contributed by atoms with Crippen LogP contribution in [0.1, 0.15) is 45.4 Å². The van der Waals surface area contributed by atoms with E-state index in [1.165, 1.54) is 19.3 Å². The largest absolute Gasteiger partial charge is 0.398 e. The Labute approximate surface area is 135 Å². The SMILES string of the molecule is CCC(NS(=O)(=O)c1ccc(N)c(Br)c1)C1CCCCC1. The summed E-state index contributed by atoms with van der Waals surface area (Å²) < 4.78 is 28.6. The molecule has 0 amide bonds. The highest BCUT2D eigenvalue weighted by Gasteiger charge is 2.27. The van der Waals surface area contributed by atoms with E-state index in [0.29, 0.717) is 16.1 Å². The standard InChI is InChI=1S/C15H23BrN2O2S/c1-2-15(11-6-4-3-5-7-11)18-21(19,20)12-8-9-14(17)13(16)10-12/h8-11,15,18H,2-7,17H2,1H3. The smallest absolute Gasteiger partial charge is 0.240 e. The van der Waals surface area contributed by atoms with Crippen LogP contribution in [0, 0.1) is 5.92 Å². The Balaban J connectivity index is 2.16. The fraction of sp³-hybridized carbons (Fsp3) is 0.600. The maximum Gasteiger partial charge on any atom is 0.240 e. The Bertz CT molecular complexity index is 583. The van der Waals surface area contributed by atoms with Gasteiger partial charge in [0.15, 0.2) is 0 Å². The van der Waals surface area contributed by atoms with Gasteiger partial charge in [0.2, 0.25) is 10.0 Å². The average molecular weight is 375 g/mol. The van der Waals surface area contributed by atoms with Crippen LogP contribution in [0.4, 0.5) is 5.69 Å². The Morgan fingerprint density at radius 2 is 2.00 bits per heavy atom. The molecule has 21 heavy (non-hydrogen) atoms. The summed E-state index contributed by atoms with van der Waals surface area (Å²) in [4.78, 5) is 0.262. The number of nitrogen functional groups attached to an aromatic ring is 1. The van der Waals surface area contributed by atoms with E-state index >= 15 is 0 Å². The molecule has 3 N–H and O–H groups in total. The molecule has 1 atom stereocenters. The first-order chi connectivity index (χ1) is 9.94. The van der Waals surface area contributed by atoms with Crippen LogP contribution < -0.4 is 10.5 Å². The van der Waals surface area contributed by atoms with E-state index in [-0.39, 0.29) is 10.9 Å². The number of halogens is 1. The van der Waals surface area contributed by atoms with E-state index in [4.69, 9.17) is 5.73 Å². The Hall–Kier alpha value is -0.590. The summed E-state index contributed by atoms with van der Waals surface area (Å²) in [5.41, 5.74) is 6.25. The van der Waals surface area contributed by atoms with Crippen LogP contribution in [0.15, 0.2) is 27.6 Å². The van der Waals surface area contributed by atoms with Gasteiger partial charge >= 0.3 is 0 Å². The minimum atomic E-state index is -3.50. The van der Waals surface area contributed by atoms with Crippen molar-refractivity contribution in [3.8, 4) is 0 Å². The summed E-state index contributed by atoms with van der Waals surface area (Å²) in [6.45, 7) is 2.04. The lowest BCUT2D eigenvalue weighted by atomic mass is 9.83. The first-order valence-electron chi connectivity index (χ1n) is 7.51. The van der Waals surface area contributed by atoms with Crippen molar-refractivity contribution in [3.05, 3.63) is 22.7 Å². The molecule has 6 heteroatoms. The minimum absolute atomic E-state index is 0.0200. The zero-order valence-electron chi connectivity index (χ0n) is 12.3. The number of hydrogen-bond donors (Lipinski definition) is 2. The van der Waals surface area contributed by atoms with Crippen LogP contribution in [0.25, 0.3) is 0 Å². The predicted molar refractivity (Wildman–Crippen MR) is 89.5 cm³/mol. The molecule has 0 radical (unpaired) electrons. The normalized spacial score (nSPS) is 18.6. The van der Waals surface area contributed by atoms with Gasteiger partial charge in [-0.25, -0.2) is 13.1 Å². The lowest BCUT2D eigenvalue weighted by molar-refractivity contribution is 0.285. The van der Waals surface area contributed by atoms with Crippen molar-refractivity contribution in [1.82, 2.24) is 4.72 Å². The lowest BCUT2D eigenvalue weighted by Gasteiger charge is -2.30. The van der Waals surface area contributed by atoms with Crippen LogP contribution in [0.2, 0.25) is 0 Å². The van der Waals surface area contributed by atoms with E-state index in [0.717, 1.165) is 19.3 Å². The highest BCUT2D eigenvalue weighted by atomic mass is 79.9. The molecule has 0 aromatic heterocycles. The van der Waals surface area contributed by atoms with Crippen molar-refractivity contribution >= 4 is 31.6 Å². The van der Waals surface area contributed by atoms with Crippen LogP contribution in [0.5, 0.6) is 0 Å². The maximum atomic E-state index is 12.5. The molecule has 1 aliphatic rings. The molecule has 1 saturated carbocycles. The fourth-order valence-electron chi connectivity index (χ4n) is 2.99. The third-order valence-electron chi connectivity index (χ3n) is 4.25. The molecule has 118 valence electrons. The van der Waals surface area contributed by atoms with Gasteiger partial charge in [0.05, 0.1) is 4.90 Å². The van der Waals surface area contributed by atoms with Gasteiger partial charge in [-0.05, 0) is 59.3 Å². The van der Waals surface area contributed by atoms with Gasteiger partial charge < -0.3 is 5.73 Å². The second kappa shape index (κ2) is 7.11. The highest BCUT2D eigenvalue weighted by Crippen LogP contribution is 2.29. The van der Waals surface area contributed by atoms with Gasteiger partial charge in [-0.2, -0.15) is 0 Å². The first-order valence-corrected chi connectivity index (χ1v) is 9.79. The van der Waals surface area contributed by atoms with E-state index < -0.39 is 10.0 Å². The van der Waals surface area contributed by atoms with Crippen molar-refractivity contribution < 1.29 is 8.42 Å². The molecule has 0 aliphatic heterocycles. The summed E-state index contributed by atoms with van der Waals surface area (Å²) in [6, 6.07) is 4.74. The molecule has 2 rings (SSSR count). The molecule has 1 aliphatic carbocycles. The van der Waals surface area contributed by atoms with Crippen molar-refractivity contribution in [1.29, 1.82) is 0 Å². The molecule has 1 unspecified atom stereocenters. The number of rotatable bonds is 5. The van der Waals surface area contributed by atoms with Gasteiger partial charge in [-0.3, -0.25) is 0 Å². The summed E-state index contributed by atoms with van der Waals surface area (Å²) in [7, 11) is -3.50. The topological polar surface area (TPSA) is 72.2 Å². The number of nitrogens with one attached hydrogen (secondary N) is 1. The van der Waals surface area contributed by atoms with Crippen LogP contribution >= 0.6 is 15.9 Å². The van der Waals surface area contributed by atoms with Gasteiger partial charge in [-0.1, -0.05) is 26.2 Å². The van der Waals surface area contributed by atoms with E-state index in [1.54, 1.807) is 18.2 Å². The molecule has 1 fully saturated rings. The quantitative estimate of drug-likeness (QED) is 0.772.